The lowest BCUT2D eigenvalue weighted by Gasteiger charge is -2.15. The van der Waals surface area contributed by atoms with Crippen molar-refractivity contribution in [3.8, 4) is 11.8 Å². The van der Waals surface area contributed by atoms with Crippen molar-refractivity contribution in [1.82, 2.24) is 0 Å². The van der Waals surface area contributed by atoms with Crippen LogP contribution in [0.25, 0.3) is 0 Å². The third-order valence-electron chi connectivity index (χ3n) is 2.76. The minimum absolute atomic E-state index is 0.251. The zero-order chi connectivity index (χ0) is 13.6. The molecule has 3 nitrogen and oxygen atoms in total. The van der Waals surface area contributed by atoms with Crippen molar-refractivity contribution in [2.75, 3.05) is 19.0 Å². The number of hydrogen-bond donors (Lipinski definition) is 1. The highest BCUT2D eigenvalue weighted by molar-refractivity contribution is 6.32. The van der Waals surface area contributed by atoms with E-state index in [0.29, 0.717) is 10.8 Å². The van der Waals surface area contributed by atoms with Gasteiger partial charge in [-0.15, -0.1) is 0 Å². The SMILES string of the molecule is COc1cc(NCCCC(C)(C)C#N)ccc1Cl. The highest BCUT2D eigenvalue weighted by atomic mass is 35.5. The van der Waals surface area contributed by atoms with Crippen LogP contribution in [0, 0.1) is 16.7 Å². The van der Waals surface area contributed by atoms with Crippen LogP contribution in [-0.2, 0) is 0 Å². The molecule has 0 spiro atoms. The Morgan fingerprint density at radius 3 is 2.78 bits per heavy atom. The number of rotatable bonds is 6. The largest absolute Gasteiger partial charge is 0.495 e. The Hall–Kier alpha value is -1.40. The molecule has 0 radical (unpaired) electrons. The number of nitrogens with zero attached hydrogens (tertiary/aromatic N) is 1. The Morgan fingerprint density at radius 2 is 2.17 bits per heavy atom. The fourth-order valence-corrected chi connectivity index (χ4v) is 1.78. The van der Waals surface area contributed by atoms with E-state index in [1.807, 2.05) is 32.0 Å². The van der Waals surface area contributed by atoms with Crippen molar-refractivity contribution in [3.63, 3.8) is 0 Å². The highest BCUT2D eigenvalue weighted by Crippen LogP contribution is 2.27. The van der Waals surface area contributed by atoms with Gasteiger partial charge in [-0.25, -0.2) is 0 Å². The maximum atomic E-state index is 8.91. The maximum absolute atomic E-state index is 8.91. The topological polar surface area (TPSA) is 45.0 Å². The summed E-state index contributed by atoms with van der Waals surface area (Å²) in [4.78, 5) is 0. The molecule has 0 bridgehead atoms. The molecular weight excluding hydrogens is 248 g/mol. The van der Waals surface area contributed by atoms with Gasteiger partial charge in [-0.05, 0) is 38.8 Å². The first-order valence-corrected chi connectivity index (χ1v) is 6.35. The normalized spacial score (nSPS) is 10.8. The molecule has 98 valence electrons. The first-order chi connectivity index (χ1) is 8.48. The third-order valence-corrected chi connectivity index (χ3v) is 3.07. The molecule has 0 aliphatic heterocycles. The summed E-state index contributed by atoms with van der Waals surface area (Å²) < 4.78 is 5.15. The molecule has 0 fully saturated rings. The first kappa shape index (κ1) is 14.7. The smallest absolute Gasteiger partial charge is 0.139 e. The summed E-state index contributed by atoms with van der Waals surface area (Å²) in [5, 5.41) is 12.8. The van der Waals surface area contributed by atoms with Crippen molar-refractivity contribution in [1.29, 1.82) is 5.26 Å². The van der Waals surface area contributed by atoms with Gasteiger partial charge in [-0.3, -0.25) is 0 Å². The Kier molecular flexibility index (Phi) is 5.30. The maximum Gasteiger partial charge on any atom is 0.139 e. The highest BCUT2D eigenvalue weighted by Gasteiger charge is 2.15. The summed E-state index contributed by atoms with van der Waals surface area (Å²) in [6.45, 7) is 4.74. The number of hydrogen-bond acceptors (Lipinski definition) is 3. The molecule has 0 saturated carbocycles. The summed E-state index contributed by atoms with van der Waals surface area (Å²) in [7, 11) is 1.60. The van der Waals surface area contributed by atoms with Gasteiger partial charge in [-0.1, -0.05) is 11.6 Å². The minimum Gasteiger partial charge on any atom is -0.495 e. The van der Waals surface area contributed by atoms with Gasteiger partial charge >= 0.3 is 0 Å². The predicted octanol–water partition coefficient (Wildman–Crippen LogP) is 4.09. The standard InChI is InChI=1S/C14H19ClN2O/c1-14(2,10-16)7-4-8-17-11-5-6-12(15)13(9-11)18-3/h5-6,9,17H,4,7-8H2,1-3H3. The second-order valence-electron chi connectivity index (χ2n) is 4.88. The molecule has 18 heavy (non-hydrogen) atoms. The number of nitrogens with one attached hydrogen (secondary N) is 1. The second kappa shape index (κ2) is 6.51. The van der Waals surface area contributed by atoms with Crippen LogP contribution in [0.4, 0.5) is 5.69 Å². The predicted molar refractivity (Wildman–Crippen MR) is 75.1 cm³/mol. The van der Waals surface area contributed by atoms with Gasteiger partial charge in [0.25, 0.3) is 0 Å². The quantitative estimate of drug-likeness (QED) is 0.789. The summed E-state index contributed by atoms with van der Waals surface area (Å²) in [6, 6.07) is 7.90. The van der Waals surface area contributed by atoms with Crippen LogP contribution in [0.3, 0.4) is 0 Å². The van der Waals surface area contributed by atoms with Crippen LogP contribution in [0.15, 0.2) is 18.2 Å². The molecule has 0 aliphatic rings. The lowest BCUT2D eigenvalue weighted by molar-refractivity contribution is 0.415. The van der Waals surface area contributed by atoms with Gasteiger partial charge in [-0.2, -0.15) is 5.26 Å². The average molecular weight is 267 g/mol. The van der Waals surface area contributed by atoms with E-state index in [4.69, 9.17) is 21.6 Å². The zero-order valence-corrected chi connectivity index (χ0v) is 11.8. The molecule has 0 unspecified atom stereocenters. The lowest BCUT2D eigenvalue weighted by Crippen LogP contribution is -2.11. The van der Waals surface area contributed by atoms with Crippen LogP contribution in [0.2, 0.25) is 5.02 Å². The first-order valence-electron chi connectivity index (χ1n) is 5.97. The van der Waals surface area contributed by atoms with Gasteiger partial charge in [0.15, 0.2) is 0 Å². The Balaban J connectivity index is 2.43. The number of nitriles is 1. The van der Waals surface area contributed by atoms with Crippen LogP contribution < -0.4 is 10.1 Å². The molecule has 0 saturated heterocycles. The molecule has 0 atom stereocenters. The molecule has 1 N–H and O–H groups in total. The summed E-state index contributed by atoms with van der Waals surface area (Å²) in [5.41, 5.74) is 0.727. The molecule has 0 aromatic heterocycles. The average Bonchev–Trinajstić information content (AvgIpc) is 2.36. The van der Waals surface area contributed by atoms with Crippen molar-refractivity contribution in [2.45, 2.75) is 26.7 Å². The number of ether oxygens (including phenoxy) is 1. The molecule has 0 heterocycles. The van der Waals surface area contributed by atoms with Crippen molar-refractivity contribution >= 4 is 17.3 Å². The van der Waals surface area contributed by atoms with E-state index in [2.05, 4.69) is 11.4 Å². The van der Waals surface area contributed by atoms with E-state index in [1.165, 1.54) is 0 Å². The van der Waals surface area contributed by atoms with Crippen LogP contribution >= 0.6 is 11.6 Å². The van der Waals surface area contributed by atoms with E-state index in [0.717, 1.165) is 25.1 Å². The van der Waals surface area contributed by atoms with E-state index < -0.39 is 0 Å². The number of halogens is 1. The minimum atomic E-state index is -0.251. The fraction of sp³-hybridized carbons (Fsp3) is 0.500. The third kappa shape index (κ3) is 4.46. The van der Waals surface area contributed by atoms with Crippen molar-refractivity contribution in [3.05, 3.63) is 23.2 Å². The van der Waals surface area contributed by atoms with Gasteiger partial charge in [0.2, 0.25) is 0 Å². The van der Waals surface area contributed by atoms with E-state index >= 15 is 0 Å². The number of methoxy groups -OCH3 is 1. The Labute approximate surface area is 114 Å². The summed E-state index contributed by atoms with van der Waals surface area (Å²) >= 11 is 5.95. The summed E-state index contributed by atoms with van der Waals surface area (Å²) in [5.74, 6) is 0.666. The van der Waals surface area contributed by atoms with E-state index in [9.17, 15) is 0 Å². The molecule has 0 amide bonds. The van der Waals surface area contributed by atoms with Crippen LogP contribution in [0.5, 0.6) is 5.75 Å². The molecular formula is C14H19ClN2O. The summed E-state index contributed by atoms with van der Waals surface area (Å²) in [6.07, 6.45) is 1.83. The van der Waals surface area contributed by atoms with Gasteiger partial charge in [0.05, 0.1) is 23.6 Å². The monoisotopic (exact) mass is 266 g/mol. The molecule has 1 aromatic carbocycles. The second-order valence-corrected chi connectivity index (χ2v) is 5.28. The van der Waals surface area contributed by atoms with Crippen molar-refractivity contribution in [2.24, 2.45) is 5.41 Å². The Bertz CT molecular complexity index is 438. The molecule has 1 aromatic rings. The van der Waals surface area contributed by atoms with Gasteiger partial charge in [0, 0.05) is 18.3 Å². The van der Waals surface area contributed by atoms with Gasteiger partial charge in [0.1, 0.15) is 5.75 Å². The van der Waals surface area contributed by atoms with E-state index in [-0.39, 0.29) is 5.41 Å². The lowest BCUT2D eigenvalue weighted by atomic mass is 9.90. The molecule has 0 aliphatic carbocycles. The molecule has 1 rings (SSSR count). The van der Waals surface area contributed by atoms with Crippen molar-refractivity contribution < 1.29 is 4.74 Å². The number of anilines is 1. The van der Waals surface area contributed by atoms with Gasteiger partial charge < -0.3 is 10.1 Å². The molecule has 4 heteroatoms. The van der Waals surface area contributed by atoms with Crippen LogP contribution in [0.1, 0.15) is 26.7 Å². The number of benzene rings is 1. The fourth-order valence-electron chi connectivity index (χ4n) is 1.59. The van der Waals surface area contributed by atoms with E-state index in [1.54, 1.807) is 7.11 Å². The zero-order valence-electron chi connectivity index (χ0n) is 11.1. The Morgan fingerprint density at radius 1 is 1.44 bits per heavy atom. The van der Waals surface area contributed by atoms with Crippen LogP contribution in [-0.4, -0.2) is 13.7 Å².